The zero-order chi connectivity index (χ0) is 10.0. The third kappa shape index (κ3) is 2.18. The van der Waals surface area contributed by atoms with Gasteiger partial charge in [0, 0.05) is 12.5 Å². The first-order chi connectivity index (χ1) is 6.02. The van der Waals surface area contributed by atoms with E-state index in [0.29, 0.717) is 12.8 Å². The van der Waals surface area contributed by atoms with E-state index in [-0.39, 0.29) is 18.4 Å². The number of hydrogen-bond acceptors (Lipinski definition) is 3. The molecule has 5 nitrogen and oxygen atoms in total. The number of hydrogen-bond donors (Lipinski definition) is 3. The van der Waals surface area contributed by atoms with Crippen molar-refractivity contribution < 1.29 is 19.8 Å². The molecule has 13 heavy (non-hydrogen) atoms. The molecule has 0 amide bonds. The van der Waals surface area contributed by atoms with E-state index in [9.17, 15) is 9.59 Å². The van der Waals surface area contributed by atoms with Crippen LogP contribution in [0, 0.1) is 11.8 Å². The van der Waals surface area contributed by atoms with Crippen LogP contribution in [0.25, 0.3) is 0 Å². The van der Waals surface area contributed by atoms with Gasteiger partial charge in [-0.25, -0.2) is 0 Å². The lowest BCUT2D eigenvalue weighted by atomic mass is 9.91. The second-order valence-electron chi connectivity index (χ2n) is 3.46. The second kappa shape index (κ2) is 3.74. The number of nitrogens with two attached hydrogens (primary N) is 1. The van der Waals surface area contributed by atoms with Gasteiger partial charge in [-0.3, -0.25) is 9.59 Å². The Labute approximate surface area is 75.5 Å². The topological polar surface area (TPSA) is 101 Å². The van der Waals surface area contributed by atoms with Crippen LogP contribution in [0.3, 0.4) is 0 Å². The summed E-state index contributed by atoms with van der Waals surface area (Å²) in [5.74, 6) is -2.91. The van der Waals surface area contributed by atoms with Crippen molar-refractivity contribution >= 4 is 11.9 Å². The Morgan fingerprint density at radius 1 is 1.31 bits per heavy atom. The molecule has 4 N–H and O–H groups in total. The Kier molecular flexibility index (Phi) is 2.87. The highest BCUT2D eigenvalue weighted by Crippen LogP contribution is 2.33. The normalized spacial score (nSPS) is 33.2. The molecule has 1 rings (SSSR count). The average molecular weight is 187 g/mol. The van der Waals surface area contributed by atoms with Crippen molar-refractivity contribution in [1.82, 2.24) is 0 Å². The van der Waals surface area contributed by atoms with Crippen LogP contribution in [0.1, 0.15) is 19.3 Å². The fourth-order valence-electron chi connectivity index (χ4n) is 1.95. The smallest absolute Gasteiger partial charge is 0.308 e. The lowest BCUT2D eigenvalue weighted by molar-refractivity contribution is -0.144. The molecule has 0 bridgehead atoms. The van der Waals surface area contributed by atoms with Gasteiger partial charge in [0.05, 0.1) is 5.92 Å². The maximum atomic E-state index is 10.7. The van der Waals surface area contributed by atoms with Gasteiger partial charge < -0.3 is 15.9 Å². The van der Waals surface area contributed by atoms with Gasteiger partial charge in [-0.15, -0.1) is 0 Å². The Bertz CT molecular complexity index is 228. The number of carboxylic acid groups (broad SMARTS) is 2. The van der Waals surface area contributed by atoms with Crippen LogP contribution in [0.2, 0.25) is 0 Å². The monoisotopic (exact) mass is 187 g/mol. The third-order valence-corrected chi connectivity index (χ3v) is 2.56. The van der Waals surface area contributed by atoms with Gasteiger partial charge in [0.15, 0.2) is 0 Å². The lowest BCUT2D eigenvalue weighted by Crippen LogP contribution is -2.34. The van der Waals surface area contributed by atoms with Gasteiger partial charge in [0.25, 0.3) is 0 Å². The van der Waals surface area contributed by atoms with Crippen LogP contribution in [-0.2, 0) is 9.59 Å². The Morgan fingerprint density at radius 3 is 2.38 bits per heavy atom. The van der Waals surface area contributed by atoms with Crippen LogP contribution in [0.4, 0.5) is 0 Å². The van der Waals surface area contributed by atoms with Gasteiger partial charge in [-0.2, -0.15) is 0 Å². The number of carboxylic acids is 2. The van der Waals surface area contributed by atoms with E-state index in [1.807, 2.05) is 0 Å². The van der Waals surface area contributed by atoms with E-state index in [1.54, 1.807) is 0 Å². The zero-order valence-electron chi connectivity index (χ0n) is 7.14. The van der Waals surface area contributed by atoms with Gasteiger partial charge in [-0.1, -0.05) is 0 Å². The standard InChI is InChI=1S/C8H13NO4/c9-5-2-1-4(3-6(10)11)7(5)8(12)13/h4-5,7H,1-3,9H2,(H,10,11)(H,12,13)/t4-,5+,7-/m1/s1. The van der Waals surface area contributed by atoms with Crippen molar-refractivity contribution in [3.8, 4) is 0 Å². The molecule has 0 spiro atoms. The summed E-state index contributed by atoms with van der Waals surface area (Å²) in [6.07, 6.45) is 1.12. The number of carbonyl (C=O) groups is 2. The van der Waals surface area contributed by atoms with Gasteiger partial charge in [0.2, 0.25) is 0 Å². The minimum Gasteiger partial charge on any atom is -0.481 e. The summed E-state index contributed by atoms with van der Waals surface area (Å²) in [4.78, 5) is 21.1. The molecule has 0 saturated heterocycles. The minimum absolute atomic E-state index is 0.0926. The Hall–Kier alpha value is -1.10. The molecular weight excluding hydrogens is 174 g/mol. The van der Waals surface area contributed by atoms with E-state index >= 15 is 0 Å². The molecular formula is C8H13NO4. The summed E-state index contributed by atoms with van der Waals surface area (Å²) in [6, 6.07) is -0.387. The Balaban J connectivity index is 2.64. The summed E-state index contributed by atoms with van der Waals surface area (Å²) in [5.41, 5.74) is 5.57. The minimum atomic E-state index is -0.976. The summed E-state index contributed by atoms with van der Waals surface area (Å²) >= 11 is 0. The zero-order valence-corrected chi connectivity index (χ0v) is 7.14. The van der Waals surface area contributed by atoms with Crippen molar-refractivity contribution in [1.29, 1.82) is 0 Å². The molecule has 0 aliphatic heterocycles. The second-order valence-corrected chi connectivity index (χ2v) is 3.46. The Morgan fingerprint density at radius 2 is 1.92 bits per heavy atom. The van der Waals surface area contributed by atoms with Crippen LogP contribution >= 0.6 is 0 Å². The van der Waals surface area contributed by atoms with Crippen molar-refractivity contribution in [2.45, 2.75) is 25.3 Å². The summed E-state index contributed by atoms with van der Waals surface area (Å²) in [7, 11) is 0. The fraction of sp³-hybridized carbons (Fsp3) is 0.750. The molecule has 0 aromatic carbocycles. The predicted octanol–water partition coefficient (Wildman–Crippen LogP) is -0.101. The molecule has 0 heterocycles. The first-order valence-electron chi connectivity index (χ1n) is 4.22. The maximum Gasteiger partial charge on any atom is 0.308 e. The average Bonchev–Trinajstić information content (AvgIpc) is 2.30. The van der Waals surface area contributed by atoms with Gasteiger partial charge in [-0.05, 0) is 18.8 Å². The van der Waals surface area contributed by atoms with Crippen LogP contribution in [0.15, 0.2) is 0 Å². The van der Waals surface area contributed by atoms with Crippen LogP contribution in [0.5, 0.6) is 0 Å². The molecule has 0 radical (unpaired) electrons. The number of aliphatic carboxylic acids is 2. The first kappa shape index (κ1) is 9.98. The molecule has 1 fully saturated rings. The molecule has 0 aromatic heterocycles. The first-order valence-corrected chi connectivity index (χ1v) is 4.22. The SMILES string of the molecule is N[C@H]1CC[C@H](CC(=O)O)[C@H]1C(=O)O. The van der Waals surface area contributed by atoms with E-state index in [4.69, 9.17) is 15.9 Å². The third-order valence-electron chi connectivity index (χ3n) is 2.56. The van der Waals surface area contributed by atoms with Crippen molar-refractivity contribution in [2.24, 2.45) is 17.6 Å². The summed E-state index contributed by atoms with van der Waals surface area (Å²) in [5, 5.41) is 17.3. The molecule has 3 atom stereocenters. The summed E-state index contributed by atoms with van der Waals surface area (Å²) in [6.45, 7) is 0. The van der Waals surface area contributed by atoms with E-state index in [0.717, 1.165) is 0 Å². The van der Waals surface area contributed by atoms with E-state index in [2.05, 4.69) is 0 Å². The largest absolute Gasteiger partial charge is 0.481 e. The molecule has 1 aliphatic carbocycles. The molecule has 0 aromatic rings. The fourth-order valence-corrected chi connectivity index (χ4v) is 1.95. The highest BCUT2D eigenvalue weighted by molar-refractivity contribution is 5.74. The van der Waals surface area contributed by atoms with Gasteiger partial charge >= 0.3 is 11.9 Å². The molecule has 1 saturated carbocycles. The van der Waals surface area contributed by atoms with Crippen molar-refractivity contribution in [3.63, 3.8) is 0 Å². The predicted molar refractivity (Wildman–Crippen MR) is 44.1 cm³/mol. The molecule has 0 unspecified atom stereocenters. The summed E-state index contributed by atoms with van der Waals surface area (Å²) < 4.78 is 0. The molecule has 74 valence electrons. The molecule has 5 heteroatoms. The maximum absolute atomic E-state index is 10.7. The molecule has 1 aliphatic rings. The lowest BCUT2D eigenvalue weighted by Gasteiger charge is -2.16. The van der Waals surface area contributed by atoms with E-state index in [1.165, 1.54) is 0 Å². The number of rotatable bonds is 3. The van der Waals surface area contributed by atoms with E-state index < -0.39 is 17.9 Å². The quantitative estimate of drug-likeness (QED) is 0.572. The van der Waals surface area contributed by atoms with Crippen molar-refractivity contribution in [3.05, 3.63) is 0 Å². The van der Waals surface area contributed by atoms with Crippen LogP contribution in [-0.4, -0.2) is 28.2 Å². The highest BCUT2D eigenvalue weighted by atomic mass is 16.4. The van der Waals surface area contributed by atoms with Crippen LogP contribution < -0.4 is 5.73 Å². The van der Waals surface area contributed by atoms with Crippen molar-refractivity contribution in [2.75, 3.05) is 0 Å². The highest BCUT2D eigenvalue weighted by Gasteiger charge is 2.39. The van der Waals surface area contributed by atoms with Gasteiger partial charge in [0.1, 0.15) is 0 Å².